The van der Waals surface area contributed by atoms with Crippen LogP contribution in [0.1, 0.15) is 11.1 Å². The summed E-state index contributed by atoms with van der Waals surface area (Å²) in [6, 6.07) is 9.89. The number of hydrogen-bond donors (Lipinski definition) is 1. The highest BCUT2D eigenvalue weighted by atomic mass is 79.9. The molecule has 1 heterocycles. The van der Waals surface area contributed by atoms with Gasteiger partial charge in [0.25, 0.3) is 0 Å². The Labute approximate surface area is 120 Å². The topological polar surface area (TPSA) is 42.0 Å². The lowest BCUT2D eigenvalue weighted by Crippen LogP contribution is -2.23. The van der Waals surface area contributed by atoms with E-state index in [0.29, 0.717) is 0 Å². The van der Waals surface area contributed by atoms with E-state index in [1.807, 2.05) is 18.2 Å². The van der Waals surface area contributed by atoms with Gasteiger partial charge >= 0.3 is 0 Å². The van der Waals surface area contributed by atoms with Crippen LogP contribution in [0.3, 0.4) is 0 Å². The predicted molar refractivity (Wildman–Crippen MR) is 77.9 cm³/mol. The van der Waals surface area contributed by atoms with Crippen molar-refractivity contribution in [3.63, 3.8) is 0 Å². The number of nitrogens with zero attached hydrogens (tertiary/aromatic N) is 1. The molecule has 3 nitrogen and oxygen atoms in total. The van der Waals surface area contributed by atoms with Crippen molar-refractivity contribution < 1.29 is 4.79 Å². The molecule has 0 bridgehead atoms. The van der Waals surface area contributed by atoms with Gasteiger partial charge in [0, 0.05) is 16.6 Å². The van der Waals surface area contributed by atoms with Gasteiger partial charge in [0.1, 0.15) is 0 Å². The van der Waals surface area contributed by atoms with Gasteiger partial charge < -0.3 is 5.32 Å². The highest BCUT2D eigenvalue weighted by molar-refractivity contribution is 9.10. The molecule has 1 aromatic carbocycles. The molecule has 0 radical (unpaired) electrons. The fourth-order valence-electron chi connectivity index (χ4n) is 2.45. The quantitative estimate of drug-likeness (QED) is 0.924. The number of benzene rings is 1. The Morgan fingerprint density at radius 1 is 1.26 bits per heavy atom. The first-order valence-corrected chi connectivity index (χ1v) is 7.00. The van der Waals surface area contributed by atoms with Crippen molar-refractivity contribution in [3.8, 4) is 0 Å². The van der Waals surface area contributed by atoms with E-state index in [1.54, 1.807) is 12.4 Å². The van der Waals surface area contributed by atoms with E-state index in [9.17, 15) is 4.79 Å². The molecule has 2 aromatic rings. The Kier molecular flexibility index (Phi) is 3.34. The van der Waals surface area contributed by atoms with Crippen LogP contribution in [0.15, 0.2) is 47.2 Å². The molecule has 1 aliphatic rings. The second-order valence-corrected chi connectivity index (χ2v) is 5.66. The van der Waals surface area contributed by atoms with Gasteiger partial charge in [-0.2, -0.15) is 0 Å². The van der Waals surface area contributed by atoms with Crippen LogP contribution in [0, 0.1) is 5.92 Å². The van der Waals surface area contributed by atoms with E-state index in [2.05, 4.69) is 38.4 Å². The third-order valence-electron chi connectivity index (χ3n) is 3.40. The number of carbonyl (C=O) groups is 1. The molecular weight excluding hydrogens is 304 g/mol. The van der Waals surface area contributed by atoms with Crippen molar-refractivity contribution in [2.45, 2.75) is 12.8 Å². The average Bonchev–Trinajstić information content (AvgIpc) is 2.83. The lowest BCUT2D eigenvalue weighted by molar-refractivity contribution is -0.119. The maximum Gasteiger partial charge on any atom is 0.228 e. The molecule has 0 saturated carbocycles. The fraction of sp³-hybridized carbons (Fsp3) is 0.200. The standard InChI is InChI=1S/C15H13BrN2O/c16-13-4-3-10-6-12(7-11(10)8-13)15(19)18-14-2-1-5-17-9-14/h1-5,8-9,12H,6-7H2,(H,18,19). The van der Waals surface area contributed by atoms with Gasteiger partial charge in [-0.1, -0.05) is 22.0 Å². The summed E-state index contributed by atoms with van der Waals surface area (Å²) in [5, 5.41) is 2.92. The van der Waals surface area contributed by atoms with Crippen LogP contribution < -0.4 is 5.32 Å². The Bertz CT molecular complexity index is 613. The largest absolute Gasteiger partial charge is 0.324 e. The zero-order valence-corrected chi connectivity index (χ0v) is 11.9. The Balaban J connectivity index is 1.71. The number of aromatic nitrogens is 1. The first kappa shape index (κ1) is 12.4. The van der Waals surface area contributed by atoms with Gasteiger partial charge in [-0.25, -0.2) is 0 Å². The van der Waals surface area contributed by atoms with Crippen LogP contribution in [0.2, 0.25) is 0 Å². The Morgan fingerprint density at radius 3 is 2.89 bits per heavy atom. The molecule has 1 N–H and O–H groups in total. The van der Waals surface area contributed by atoms with Gasteiger partial charge in [0.05, 0.1) is 11.9 Å². The third-order valence-corrected chi connectivity index (χ3v) is 3.89. The minimum Gasteiger partial charge on any atom is -0.324 e. The van der Waals surface area contributed by atoms with Crippen molar-refractivity contribution in [2.75, 3.05) is 5.32 Å². The molecule has 0 spiro atoms. The molecule has 4 heteroatoms. The molecule has 1 unspecified atom stereocenters. The molecule has 0 saturated heterocycles. The average molecular weight is 317 g/mol. The first-order valence-electron chi connectivity index (χ1n) is 6.20. The van der Waals surface area contributed by atoms with Crippen LogP contribution >= 0.6 is 15.9 Å². The summed E-state index contributed by atoms with van der Waals surface area (Å²) in [7, 11) is 0. The molecule has 3 rings (SSSR count). The molecule has 1 amide bonds. The van der Waals surface area contributed by atoms with Crippen LogP contribution in [-0.4, -0.2) is 10.9 Å². The number of carbonyl (C=O) groups excluding carboxylic acids is 1. The monoisotopic (exact) mass is 316 g/mol. The summed E-state index contributed by atoms with van der Waals surface area (Å²) in [6.45, 7) is 0. The van der Waals surface area contributed by atoms with Gasteiger partial charge in [0.15, 0.2) is 0 Å². The van der Waals surface area contributed by atoms with E-state index in [0.717, 1.165) is 23.0 Å². The normalized spacial score (nSPS) is 17.0. The van der Waals surface area contributed by atoms with E-state index in [1.165, 1.54) is 11.1 Å². The van der Waals surface area contributed by atoms with Gasteiger partial charge in [0.2, 0.25) is 5.91 Å². The number of fused-ring (bicyclic) bond motifs is 1. The van der Waals surface area contributed by atoms with Crippen molar-refractivity contribution in [1.82, 2.24) is 4.98 Å². The number of hydrogen-bond acceptors (Lipinski definition) is 2. The zero-order valence-electron chi connectivity index (χ0n) is 10.3. The summed E-state index contributed by atoms with van der Waals surface area (Å²) < 4.78 is 1.07. The minimum absolute atomic E-state index is 0.0181. The van der Waals surface area contributed by atoms with Crippen molar-refractivity contribution >= 4 is 27.5 Å². The van der Waals surface area contributed by atoms with E-state index >= 15 is 0 Å². The van der Waals surface area contributed by atoms with Crippen LogP contribution in [0.25, 0.3) is 0 Å². The van der Waals surface area contributed by atoms with Crippen molar-refractivity contribution in [2.24, 2.45) is 5.92 Å². The predicted octanol–water partition coefficient (Wildman–Crippen LogP) is 3.20. The molecule has 0 fully saturated rings. The molecule has 1 aromatic heterocycles. The highest BCUT2D eigenvalue weighted by Gasteiger charge is 2.27. The first-order chi connectivity index (χ1) is 9.22. The van der Waals surface area contributed by atoms with E-state index in [4.69, 9.17) is 0 Å². The number of nitrogens with one attached hydrogen (secondary N) is 1. The van der Waals surface area contributed by atoms with Gasteiger partial charge in [-0.3, -0.25) is 9.78 Å². The van der Waals surface area contributed by atoms with Gasteiger partial charge in [-0.15, -0.1) is 0 Å². The number of pyridine rings is 1. The summed E-state index contributed by atoms with van der Waals surface area (Å²) in [5.41, 5.74) is 3.29. The van der Waals surface area contributed by atoms with Crippen LogP contribution in [0.4, 0.5) is 5.69 Å². The zero-order chi connectivity index (χ0) is 13.2. The number of rotatable bonds is 2. The maximum atomic E-state index is 12.2. The second-order valence-electron chi connectivity index (χ2n) is 4.75. The lowest BCUT2D eigenvalue weighted by Gasteiger charge is -2.09. The van der Waals surface area contributed by atoms with Crippen LogP contribution in [-0.2, 0) is 17.6 Å². The molecule has 1 aliphatic carbocycles. The number of halogens is 1. The van der Waals surface area contributed by atoms with Gasteiger partial charge in [-0.05, 0) is 48.2 Å². The fourth-order valence-corrected chi connectivity index (χ4v) is 2.86. The molecule has 96 valence electrons. The third kappa shape index (κ3) is 2.68. The summed E-state index contributed by atoms with van der Waals surface area (Å²) >= 11 is 3.47. The number of anilines is 1. The van der Waals surface area contributed by atoms with Crippen LogP contribution in [0.5, 0.6) is 0 Å². The Morgan fingerprint density at radius 2 is 2.11 bits per heavy atom. The summed E-state index contributed by atoms with van der Waals surface area (Å²) in [6.07, 6.45) is 4.98. The molecular formula is C15H13BrN2O. The minimum atomic E-state index is 0.0181. The van der Waals surface area contributed by atoms with E-state index < -0.39 is 0 Å². The Hall–Kier alpha value is -1.68. The SMILES string of the molecule is O=C(Nc1cccnc1)C1Cc2ccc(Br)cc2C1. The summed E-state index contributed by atoms with van der Waals surface area (Å²) in [4.78, 5) is 16.2. The number of amides is 1. The summed E-state index contributed by atoms with van der Waals surface area (Å²) in [5.74, 6) is 0.0878. The molecule has 19 heavy (non-hydrogen) atoms. The molecule has 0 aliphatic heterocycles. The van der Waals surface area contributed by atoms with Crippen molar-refractivity contribution in [1.29, 1.82) is 0 Å². The maximum absolute atomic E-state index is 12.2. The highest BCUT2D eigenvalue weighted by Crippen LogP contribution is 2.29. The van der Waals surface area contributed by atoms with E-state index in [-0.39, 0.29) is 11.8 Å². The molecule has 1 atom stereocenters. The lowest BCUT2D eigenvalue weighted by atomic mass is 10.1. The smallest absolute Gasteiger partial charge is 0.228 e. The van der Waals surface area contributed by atoms with Crippen molar-refractivity contribution in [3.05, 3.63) is 58.3 Å². The second kappa shape index (κ2) is 5.13.